The molecule has 2 rings (SSSR count). The van der Waals surface area contributed by atoms with Crippen molar-refractivity contribution in [2.24, 2.45) is 0 Å². The molecule has 0 aliphatic rings. The van der Waals surface area contributed by atoms with Gasteiger partial charge >= 0.3 is 5.97 Å². The average molecular weight is 428 g/mol. The summed E-state index contributed by atoms with van der Waals surface area (Å²) in [4.78, 5) is 33.6. The first-order valence-electron chi connectivity index (χ1n) is 6.99. The highest BCUT2D eigenvalue weighted by Crippen LogP contribution is 2.23. The third-order valence-corrected chi connectivity index (χ3v) is 4.02. The minimum Gasteiger partial charge on any atom is -0.459 e. The lowest BCUT2D eigenvalue weighted by atomic mass is 10.2. The quantitative estimate of drug-likeness (QED) is 0.432. The van der Waals surface area contributed by atoms with E-state index in [0.717, 1.165) is 4.47 Å². The monoisotopic (exact) mass is 426 g/mol. The number of nitrogens with one attached hydrogen (secondary N) is 1. The Hall–Kier alpha value is -2.45. The Morgan fingerprint density at radius 2 is 1.88 bits per heavy atom. The number of nitro benzene ring substituents is 1. The number of hydrogen-bond donors (Lipinski definition) is 1. The summed E-state index contributed by atoms with van der Waals surface area (Å²) in [5.41, 5.74) is 0.691. The van der Waals surface area contributed by atoms with Gasteiger partial charge in [0.05, 0.1) is 9.95 Å². The fraction of sp³-hybridized carbons (Fsp3) is 0.125. The molecule has 7 nitrogen and oxygen atoms in total. The van der Waals surface area contributed by atoms with Crippen LogP contribution in [-0.2, 0) is 16.1 Å². The molecule has 0 aromatic heterocycles. The van der Waals surface area contributed by atoms with E-state index in [0.29, 0.717) is 11.1 Å². The summed E-state index contributed by atoms with van der Waals surface area (Å²) >= 11 is 9.17. The molecule has 0 saturated carbocycles. The van der Waals surface area contributed by atoms with Gasteiger partial charge in [-0.25, -0.2) is 0 Å². The van der Waals surface area contributed by atoms with Crippen molar-refractivity contribution in [1.82, 2.24) is 5.32 Å². The molecule has 0 radical (unpaired) electrons. The Morgan fingerprint density at radius 1 is 1.20 bits per heavy atom. The first-order valence-corrected chi connectivity index (χ1v) is 8.16. The van der Waals surface area contributed by atoms with E-state index in [1.54, 1.807) is 24.3 Å². The maximum absolute atomic E-state index is 11.9. The number of carbonyl (C=O) groups excluding carboxylic acids is 2. The highest BCUT2D eigenvalue weighted by molar-refractivity contribution is 9.10. The van der Waals surface area contributed by atoms with Crippen LogP contribution in [0.5, 0.6) is 0 Å². The highest BCUT2D eigenvalue weighted by atomic mass is 79.9. The van der Waals surface area contributed by atoms with Crippen molar-refractivity contribution >= 4 is 45.1 Å². The lowest BCUT2D eigenvalue weighted by Crippen LogP contribution is -2.30. The number of nitrogens with zero attached hydrogens (tertiary/aromatic N) is 1. The summed E-state index contributed by atoms with van der Waals surface area (Å²) in [6.07, 6.45) is 0. The Balaban J connectivity index is 1.83. The van der Waals surface area contributed by atoms with Crippen LogP contribution in [0.3, 0.4) is 0 Å². The third kappa shape index (κ3) is 5.54. The Kier molecular flexibility index (Phi) is 6.49. The molecule has 0 unspecified atom stereocenters. The lowest BCUT2D eigenvalue weighted by molar-refractivity contribution is -0.384. The minimum atomic E-state index is -0.653. The van der Waals surface area contributed by atoms with Crippen LogP contribution in [0.2, 0.25) is 5.02 Å². The van der Waals surface area contributed by atoms with Crippen LogP contribution in [-0.4, -0.2) is 23.3 Å². The molecule has 0 fully saturated rings. The van der Waals surface area contributed by atoms with E-state index in [-0.39, 0.29) is 23.9 Å². The molecule has 25 heavy (non-hydrogen) atoms. The molecule has 0 saturated heterocycles. The second-order valence-corrected chi connectivity index (χ2v) is 6.21. The number of amides is 1. The molecule has 2 aromatic rings. The van der Waals surface area contributed by atoms with Crippen LogP contribution in [0, 0.1) is 10.1 Å². The number of rotatable bonds is 6. The molecule has 2 aromatic carbocycles. The maximum atomic E-state index is 11.9. The van der Waals surface area contributed by atoms with E-state index in [1.807, 2.05) is 0 Å². The summed E-state index contributed by atoms with van der Waals surface area (Å²) in [5, 5.41) is 13.2. The van der Waals surface area contributed by atoms with Gasteiger partial charge in [0.25, 0.3) is 11.6 Å². The normalized spacial score (nSPS) is 10.2. The largest absolute Gasteiger partial charge is 0.459 e. The Bertz CT molecular complexity index is 811. The van der Waals surface area contributed by atoms with E-state index >= 15 is 0 Å². The Labute approximate surface area is 156 Å². The molecule has 0 atom stereocenters. The van der Waals surface area contributed by atoms with Crippen molar-refractivity contribution < 1.29 is 19.2 Å². The minimum absolute atomic E-state index is 0.126. The summed E-state index contributed by atoms with van der Waals surface area (Å²) in [7, 11) is 0. The van der Waals surface area contributed by atoms with Gasteiger partial charge in [0.15, 0.2) is 0 Å². The fourth-order valence-electron chi connectivity index (χ4n) is 1.83. The van der Waals surface area contributed by atoms with Gasteiger partial charge in [-0.3, -0.25) is 19.7 Å². The highest BCUT2D eigenvalue weighted by Gasteiger charge is 2.12. The zero-order valence-electron chi connectivity index (χ0n) is 12.7. The van der Waals surface area contributed by atoms with Crippen LogP contribution in [0.25, 0.3) is 0 Å². The second-order valence-electron chi connectivity index (χ2n) is 4.88. The van der Waals surface area contributed by atoms with Crippen LogP contribution < -0.4 is 5.32 Å². The molecule has 0 aliphatic heterocycles. The molecule has 130 valence electrons. The number of hydrogen-bond acceptors (Lipinski definition) is 5. The second kappa shape index (κ2) is 8.59. The topological polar surface area (TPSA) is 98.5 Å². The molecule has 9 heteroatoms. The first kappa shape index (κ1) is 18.9. The van der Waals surface area contributed by atoms with E-state index in [4.69, 9.17) is 16.3 Å². The number of esters is 1. The number of carbonyl (C=O) groups is 2. The molecule has 0 aliphatic carbocycles. The van der Waals surface area contributed by atoms with E-state index in [9.17, 15) is 19.7 Å². The average Bonchev–Trinajstić information content (AvgIpc) is 2.59. The van der Waals surface area contributed by atoms with Gasteiger partial charge in [-0.05, 0) is 30.3 Å². The zero-order valence-corrected chi connectivity index (χ0v) is 15.0. The van der Waals surface area contributed by atoms with Gasteiger partial charge in [0.1, 0.15) is 13.2 Å². The van der Waals surface area contributed by atoms with Crippen molar-refractivity contribution in [3.8, 4) is 0 Å². The fourth-order valence-corrected chi connectivity index (χ4v) is 2.33. The van der Waals surface area contributed by atoms with Gasteiger partial charge in [-0.2, -0.15) is 0 Å². The molecule has 0 heterocycles. The van der Waals surface area contributed by atoms with E-state index in [2.05, 4.69) is 21.2 Å². The number of nitro groups is 1. The third-order valence-electron chi connectivity index (χ3n) is 3.14. The van der Waals surface area contributed by atoms with Crippen molar-refractivity contribution in [3.63, 3.8) is 0 Å². The number of ether oxygens (including phenoxy) is 1. The number of non-ortho nitro benzene ring substituents is 1. The van der Waals surface area contributed by atoms with Crippen molar-refractivity contribution in [2.75, 3.05) is 6.54 Å². The molecular weight excluding hydrogens is 416 g/mol. The van der Waals surface area contributed by atoms with Crippen LogP contribution in [0.1, 0.15) is 15.9 Å². The van der Waals surface area contributed by atoms with Crippen molar-refractivity contribution in [2.45, 2.75) is 6.61 Å². The van der Waals surface area contributed by atoms with Gasteiger partial charge in [0.2, 0.25) is 0 Å². The molecule has 0 spiro atoms. The SMILES string of the molecule is O=C(CNC(=O)c1ccc(Br)cc1)OCc1ccc([N+](=O)[O-])cc1Cl. The lowest BCUT2D eigenvalue weighted by Gasteiger charge is -2.08. The van der Waals surface area contributed by atoms with E-state index in [1.165, 1.54) is 18.2 Å². The molecule has 1 N–H and O–H groups in total. The summed E-state index contributed by atoms with van der Waals surface area (Å²) < 4.78 is 5.84. The number of benzene rings is 2. The summed E-state index contributed by atoms with van der Waals surface area (Å²) in [5.74, 6) is -1.06. The zero-order chi connectivity index (χ0) is 18.4. The van der Waals surface area contributed by atoms with Crippen molar-refractivity contribution in [1.29, 1.82) is 0 Å². The predicted octanol–water partition coefficient (Wildman–Crippen LogP) is 3.48. The number of halogens is 2. The van der Waals surface area contributed by atoms with Gasteiger partial charge in [-0.1, -0.05) is 27.5 Å². The Morgan fingerprint density at radius 3 is 2.48 bits per heavy atom. The molecular formula is C16H12BrClN2O5. The smallest absolute Gasteiger partial charge is 0.325 e. The standard InChI is InChI=1S/C16H12BrClN2O5/c17-12-4-1-10(2-5-12)16(22)19-8-15(21)25-9-11-3-6-13(20(23)24)7-14(11)18/h1-7H,8-9H2,(H,19,22). The van der Waals surface area contributed by atoms with Crippen molar-refractivity contribution in [3.05, 3.63) is 73.2 Å². The molecule has 1 amide bonds. The van der Waals surface area contributed by atoms with Crippen LogP contribution >= 0.6 is 27.5 Å². The van der Waals surface area contributed by atoms with E-state index < -0.39 is 16.8 Å². The molecule has 0 bridgehead atoms. The van der Waals surface area contributed by atoms with Gasteiger partial charge in [-0.15, -0.1) is 0 Å². The summed E-state index contributed by atoms with van der Waals surface area (Å²) in [6, 6.07) is 10.5. The maximum Gasteiger partial charge on any atom is 0.325 e. The first-order chi connectivity index (χ1) is 11.9. The summed E-state index contributed by atoms with van der Waals surface area (Å²) in [6.45, 7) is -0.455. The van der Waals surface area contributed by atoms with Gasteiger partial charge < -0.3 is 10.1 Å². The van der Waals surface area contributed by atoms with Crippen LogP contribution in [0.15, 0.2) is 46.9 Å². The van der Waals surface area contributed by atoms with Crippen LogP contribution in [0.4, 0.5) is 5.69 Å². The predicted molar refractivity (Wildman–Crippen MR) is 94.4 cm³/mol. The van der Waals surface area contributed by atoms with Gasteiger partial charge in [0, 0.05) is 27.7 Å².